The highest BCUT2D eigenvalue weighted by Crippen LogP contribution is 2.49. The normalized spacial score (nSPS) is 16.7. The number of rotatable bonds is 6. The predicted octanol–water partition coefficient (Wildman–Crippen LogP) is 8.79. The van der Waals surface area contributed by atoms with Crippen molar-refractivity contribution < 1.29 is 23.0 Å². The van der Waals surface area contributed by atoms with Gasteiger partial charge in [-0.05, 0) is 80.3 Å². The van der Waals surface area contributed by atoms with Crippen LogP contribution >= 0.6 is 10.5 Å². The van der Waals surface area contributed by atoms with Gasteiger partial charge >= 0.3 is 5.97 Å². The molecule has 0 fully saturated rings. The smallest absolute Gasteiger partial charge is 0.345 e. The van der Waals surface area contributed by atoms with E-state index in [1.54, 1.807) is 6.08 Å². The van der Waals surface area contributed by atoms with Gasteiger partial charge in [-0.2, -0.15) is 0 Å². The molecule has 1 atom stereocenters. The van der Waals surface area contributed by atoms with Crippen molar-refractivity contribution in [1.82, 2.24) is 0 Å². The summed E-state index contributed by atoms with van der Waals surface area (Å²) in [6.45, 7) is 3.67. The molecule has 0 aliphatic heterocycles. The Morgan fingerprint density at radius 3 is 2.10 bits per heavy atom. The van der Waals surface area contributed by atoms with E-state index in [0.717, 1.165) is 23.3 Å². The standard InChI is InChI=1S/C33H27F2O3S/c1-21-17-24(39-29-11-5-3-9-25(29)26-10-4-6-12-30(26)39)18-22(2)32(21)37-20-31(36)38-33(15-7-8-16-33)23-13-14-27(34)28(35)19-23/h3-7,9-15,17-19H,8,16,20H2,1-2H3/q+1. The van der Waals surface area contributed by atoms with E-state index in [1.165, 1.54) is 31.1 Å². The number of hydrogen-bond acceptors (Lipinski definition) is 3. The summed E-state index contributed by atoms with van der Waals surface area (Å²) in [6.07, 6.45) is 4.74. The summed E-state index contributed by atoms with van der Waals surface area (Å²) < 4.78 is 41.9. The first-order valence-corrected chi connectivity index (χ1v) is 14.1. The third kappa shape index (κ3) is 4.49. The number of thiophene rings is 1. The Labute approximate surface area is 228 Å². The van der Waals surface area contributed by atoms with Gasteiger partial charge in [0.1, 0.15) is 5.75 Å². The van der Waals surface area contributed by atoms with Crippen molar-refractivity contribution in [1.29, 1.82) is 0 Å². The van der Waals surface area contributed by atoms with Gasteiger partial charge in [0.25, 0.3) is 0 Å². The second-order valence-electron chi connectivity index (χ2n) is 9.91. The highest BCUT2D eigenvalue weighted by molar-refractivity contribution is 7.50. The lowest BCUT2D eigenvalue weighted by Crippen LogP contribution is -2.31. The van der Waals surface area contributed by atoms with Crippen LogP contribution in [0.25, 0.3) is 25.1 Å². The summed E-state index contributed by atoms with van der Waals surface area (Å²) in [5.74, 6) is -1.84. The van der Waals surface area contributed by atoms with Crippen molar-refractivity contribution in [2.75, 3.05) is 6.61 Å². The molecule has 1 aliphatic rings. The molecule has 1 unspecified atom stereocenters. The largest absolute Gasteiger partial charge is 0.481 e. The fraction of sp³-hybridized carbons (Fsp3) is 0.182. The van der Waals surface area contributed by atoms with Crippen LogP contribution in [0.2, 0.25) is 0 Å². The number of fused-ring (bicyclic) bond motifs is 3. The summed E-state index contributed by atoms with van der Waals surface area (Å²) in [5.41, 5.74) is 1.14. The Bertz CT molecular complexity index is 1690. The Balaban J connectivity index is 1.26. The molecular formula is C33H27F2O3S+. The summed E-state index contributed by atoms with van der Waals surface area (Å²) in [6, 6.07) is 24.9. The van der Waals surface area contributed by atoms with Crippen molar-refractivity contribution in [3.05, 3.63) is 119 Å². The average Bonchev–Trinajstić information content (AvgIpc) is 3.53. The molecule has 196 valence electrons. The molecule has 1 aromatic heterocycles. The SMILES string of the molecule is Cc1cc(-[s+]2c3ccccc3c3ccccc32)cc(C)c1OCC(=O)OC1(c2ccc(F)c(F)c2)C=CCC1. The van der Waals surface area contributed by atoms with E-state index in [0.29, 0.717) is 24.2 Å². The summed E-state index contributed by atoms with van der Waals surface area (Å²) in [7, 11) is -0.228. The number of ether oxygens (including phenoxy) is 2. The summed E-state index contributed by atoms with van der Waals surface area (Å²) in [5, 5.41) is 2.54. The summed E-state index contributed by atoms with van der Waals surface area (Å²) in [4.78, 5) is 14.1. The van der Waals surface area contributed by atoms with E-state index < -0.39 is 23.2 Å². The number of halogens is 2. The van der Waals surface area contributed by atoms with E-state index in [2.05, 4.69) is 60.7 Å². The maximum atomic E-state index is 13.9. The van der Waals surface area contributed by atoms with Gasteiger partial charge < -0.3 is 9.47 Å². The van der Waals surface area contributed by atoms with Gasteiger partial charge in [-0.3, -0.25) is 0 Å². The van der Waals surface area contributed by atoms with Crippen LogP contribution in [0.4, 0.5) is 8.78 Å². The van der Waals surface area contributed by atoms with Crippen LogP contribution in [0.15, 0.2) is 91.0 Å². The van der Waals surface area contributed by atoms with Gasteiger partial charge in [0.05, 0.1) is 0 Å². The van der Waals surface area contributed by atoms with E-state index >= 15 is 0 Å². The zero-order valence-corrected chi connectivity index (χ0v) is 22.5. The van der Waals surface area contributed by atoms with Crippen molar-refractivity contribution >= 4 is 36.6 Å². The van der Waals surface area contributed by atoms with Crippen LogP contribution in [-0.4, -0.2) is 12.6 Å². The van der Waals surface area contributed by atoms with Crippen molar-refractivity contribution in [2.24, 2.45) is 0 Å². The van der Waals surface area contributed by atoms with E-state index in [-0.39, 0.29) is 17.1 Å². The van der Waals surface area contributed by atoms with Crippen molar-refractivity contribution in [2.45, 2.75) is 32.3 Å². The van der Waals surface area contributed by atoms with Gasteiger partial charge in [0, 0.05) is 38.9 Å². The molecule has 0 spiro atoms. The quantitative estimate of drug-likeness (QED) is 0.122. The minimum absolute atomic E-state index is 0.228. The second kappa shape index (κ2) is 9.93. The van der Waals surface area contributed by atoms with Crippen LogP contribution in [0.1, 0.15) is 29.5 Å². The molecule has 0 amide bonds. The molecule has 1 aliphatic carbocycles. The first kappa shape index (κ1) is 25.3. The first-order chi connectivity index (χ1) is 18.9. The highest BCUT2D eigenvalue weighted by atomic mass is 32.2. The molecule has 0 saturated heterocycles. The highest BCUT2D eigenvalue weighted by Gasteiger charge is 2.37. The molecule has 6 heteroatoms. The van der Waals surface area contributed by atoms with E-state index in [1.807, 2.05) is 19.9 Å². The number of aryl methyl sites for hydroxylation is 2. The zero-order chi connectivity index (χ0) is 27.1. The van der Waals surface area contributed by atoms with Gasteiger partial charge in [0.15, 0.2) is 38.1 Å². The van der Waals surface area contributed by atoms with Gasteiger partial charge in [0.2, 0.25) is 0 Å². The van der Waals surface area contributed by atoms with Gasteiger partial charge in [-0.15, -0.1) is 0 Å². The predicted molar refractivity (Wildman–Crippen MR) is 153 cm³/mol. The van der Waals surface area contributed by atoms with Gasteiger partial charge in [-0.1, -0.05) is 36.4 Å². The molecule has 6 rings (SSSR count). The van der Waals surface area contributed by atoms with Crippen LogP contribution in [0, 0.1) is 25.5 Å². The third-order valence-electron chi connectivity index (χ3n) is 7.28. The van der Waals surface area contributed by atoms with Crippen molar-refractivity contribution in [3.8, 4) is 10.6 Å². The number of carbonyl (C=O) groups is 1. The number of carbonyl (C=O) groups excluding carboxylic acids is 1. The molecule has 1 heterocycles. The number of esters is 1. The second-order valence-corrected chi connectivity index (χ2v) is 11.9. The fourth-order valence-electron chi connectivity index (χ4n) is 5.53. The first-order valence-electron chi connectivity index (χ1n) is 12.9. The maximum absolute atomic E-state index is 13.9. The lowest BCUT2D eigenvalue weighted by Gasteiger charge is -2.28. The lowest BCUT2D eigenvalue weighted by atomic mass is 9.93. The van der Waals surface area contributed by atoms with Crippen LogP contribution in [0.3, 0.4) is 0 Å². The minimum atomic E-state index is -1.13. The molecule has 0 bridgehead atoms. The number of benzene rings is 4. The molecule has 3 nitrogen and oxygen atoms in total. The Morgan fingerprint density at radius 1 is 0.872 bits per heavy atom. The maximum Gasteiger partial charge on any atom is 0.345 e. The third-order valence-corrected chi connectivity index (χ3v) is 9.58. The molecule has 5 aromatic rings. The van der Waals surface area contributed by atoms with E-state index in [9.17, 15) is 13.6 Å². The fourth-order valence-corrected chi connectivity index (χ4v) is 8.08. The molecular weight excluding hydrogens is 514 g/mol. The monoisotopic (exact) mass is 541 g/mol. The zero-order valence-electron chi connectivity index (χ0n) is 21.7. The Hall–Kier alpha value is -4.03. The minimum Gasteiger partial charge on any atom is -0.481 e. The molecule has 39 heavy (non-hydrogen) atoms. The van der Waals surface area contributed by atoms with Crippen LogP contribution in [0.5, 0.6) is 5.75 Å². The topological polar surface area (TPSA) is 35.5 Å². The number of hydrogen-bond donors (Lipinski definition) is 0. The van der Waals surface area contributed by atoms with Crippen LogP contribution < -0.4 is 4.74 Å². The molecule has 4 aromatic carbocycles. The molecule has 0 radical (unpaired) electrons. The lowest BCUT2D eigenvalue weighted by molar-refractivity contribution is -0.158. The van der Waals surface area contributed by atoms with Gasteiger partial charge in [-0.25, -0.2) is 13.6 Å². The average molecular weight is 542 g/mol. The van der Waals surface area contributed by atoms with Crippen molar-refractivity contribution in [3.63, 3.8) is 0 Å². The molecule has 0 saturated carbocycles. The summed E-state index contributed by atoms with van der Waals surface area (Å²) >= 11 is 0. The molecule has 0 N–H and O–H groups in total. The number of allylic oxidation sites excluding steroid dienone is 1. The Kier molecular flexibility index (Phi) is 6.43. The Morgan fingerprint density at radius 2 is 1.51 bits per heavy atom. The van der Waals surface area contributed by atoms with Crippen LogP contribution in [-0.2, 0) is 15.1 Å². The van der Waals surface area contributed by atoms with E-state index in [4.69, 9.17) is 9.47 Å².